The van der Waals surface area contributed by atoms with Gasteiger partial charge in [0.25, 0.3) is 0 Å². The highest BCUT2D eigenvalue weighted by Gasteiger charge is 2.07. The molecule has 0 spiro atoms. The summed E-state index contributed by atoms with van der Waals surface area (Å²) < 4.78 is 0. The van der Waals surface area contributed by atoms with Crippen molar-refractivity contribution in [1.29, 1.82) is 0 Å². The van der Waals surface area contributed by atoms with E-state index in [-0.39, 0.29) is 17.9 Å². The van der Waals surface area contributed by atoms with Crippen LogP contribution in [-0.4, -0.2) is 23.5 Å². The van der Waals surface area contributed by atoms with Crippen LogP contribution in [0.3, 0.4) is 0 Å². The van der Waals surface area contributed by atoms with Crippen LogP contribution >= 0.6 is 24.0 Å². The lowest BCUT2D eigenvalue weighted by atomic mass is 10.4. The molecule has 0 heterocycles. The second kappa shape index (κ2) is 7.64. The first kappa shape index (κ1) is 13.2. The number of alkyl halides is 1. The van der Waals surface area contributed by atoms with E-state index in [0.29, 0.717) is 0 Å². The van der Waals surface area contributed by atoms with Crippen molar-refractivity contribution in [3.8, 4) is 0 Å². The third kappa shape index (κ3) is 4.37. The quantitative estimate of drug-likeness (QED) is 0.482. The molecule has 0 aromatic carbocycles. The van der Waals surface area contributed by atoms with Gasteiger partial charge in [0.2, 0.25) is 0 Å². The molecule has 3 heteroatoms. The van der Waals surface area contributed by atoms with Gasteiger partial charge in [-0.15, -0.1) is 24.0 Å². The summed E-state index contributed by atoms with van der Waals surface area (Å²) in [6, 6.07) is 0. The molecule has 0 aromatic heterocycles. The summed E-state index contributed by atoms with van der Waals surface area (Å²) in [5.74, 6) is 0. The zero-order valence-corrected chi connectivity index (χ0v) is 8.50. The molecule has 0 bridgehead atoms. The van der Waals surface area contributed by atoms with E-state index in [1.165, 1.54) is 0 Å². The van der Waals surface area contributed by atoms with Crippen LogP contribution in [0.5, 0.6) is 0 Å². The lowest BCUT2D eigenvalue weighted by Crippen LogP contribution is -2.30. The van der Waals surface area contributed by atoms with Crippen molar-refractivity contribution in [1.82, 2.24) is 4.90 Å². The molecule has 0 amide bonds. The monoisotopic (exact) mass is 185 g/mol. The molecule has 0 saturated carbocycles. The first-order valence-corrected chi connectivity index (χ1v) is 4.07. The lowest BCUT2D eigenvalue weighted by molar-refractivity contribution is 0.274. The fraction of sp³-hybridized carbons (Fsp3) is 1.00. The van der Waals surface area contributed by atoms with Crippen LogP contribution in [0, 0.1) is 0 Å². The standard InChI is InChI=1S/C7H16ClN.ClH/c1-4-7(8)9(5-2)6-3;/h7H,4-6H2,1-3H3;1H. The normalized spacial score (nSPS) is 12.9. The van der Waals surface area contributed by atoms with E-state index in [0.717, 1.165) is 19.5 Å². The molecule has 0 radical (unpaired) electrons. The van der Waals surface area contributed by atoms with Crippen molar-refractivity contribution in [2.24, 2.45) is 0 Å². The van der Waals surface area contributed by atoms with E-state index in [2.05, 4.69) is 25.7 Å². The van der Waals surface area contributed by atoms with Gasteiger partial charge in [0.15, 0.2) is 0 Å². The number of hydrogen-bond donors (Lipinski definition) is 0. The van der Waals surface area contributed by atoms with Crippen LogP contribution in [0.25, 0.3) is 0 Å². The first-order valence-electron chi connectivity index (χ1n) is 3.64. The van der Waals surface area contributed by atoms with Crippen LogP contribution in [0.2, 0.25) is 0 Å². The zero-order valence-electron chi connectivity index (χ0n) is 6.93. The summed E-state index contributed by atoms with van der Waals surface area (Å²) in [7, 11) is 0. The summed E-state index contributed by atoms with van der Waals surface area (Å²) in [6.07, 6.45) is 1.03. The Morgan fingerprint density at radius 3 is 1.70 bits per heavy atom. The maximum Gasteiger partial charge on any atom is 0.0847 e. The average molecular weight is 186 g/mol. The van der Waals surface area contributed by atoms with Crippen LogP contribution in [-0.2, 0) is 0 Å². The van der Waals surface area contributed by atoms with Gasteiger partial charge in [-0.2, -0.15) is 0 Å². The minimum absolute atomic E-state index is 0. The van der Waals surface area contributed by atoms with Gasteiger partial charge in [-0.1, -0.05) is 20.8 Å². The van der Waals surface area contributed by atoms with Crippen LogP contribution in [0.1, 0.15) is 27.2 Å². The van der Waals surface area contributed by atoms with Gasteiger partial charge in [0, 0.05) is 0 Å². The van der Waals surface area contributed by atoms with Gasteiger partial charge in [-0.25, -0.2) is 0 Å². The lowest BCUT2D eigenvalue weighted by Gasteiger charge is -2.22. The fourth-order valence-electron chi connectivity index (χ4n) is 0.878. The Balaban J connectivity index is 0. The minimum Gasteiger partial charge on any atom is -0.288 e. The van der Waals surface area contributed by atoms with Gasteiger partial charge in [-0.3, -0.25) is 4.90 Å². The predicted molar refractivity (Wildman–Crippen MR) is 50.1 cm³/mol. The van der Waals surface area contributed by atoms with Gasteiger partial charge in [-0.05, 0) is 19.5 Å². The molecule has 0 aromatic rings. The Hall–Kier alpha value is 0.540. The summed E-state index contributed by atoms with van der Waals surface area (Å²) in [6.45, 7) is 8.48. The molecule has 0 N–H and O–H groups in total. The molecule has 10 heavy (non-hydrogen) atoms. The molecule has 0 aliphatic carbocycles. The second-order valence-corrected chi connectivity index (χ2v) is 2.57. The maximum absolute atomic E-state index is 5.96. The number of halogens is 2. The van der Waals surface area contributed by atoms with Crippen LogP contribution in [0.15, 0.2) is 0 Å². The Morgan fingerprint density at radius 2 is 1.60 bits per heavy atom. The second-order valence-electron chi connectivity index (χ2n) is 2.06. The SMILES string of the molecule is CCC(Cl)N(CC)CC.Cl. The Kier molecular flexibility index (Phi) is 10.1. The highest BCUT2D eigenvalue weighted by atomic mass is 35.5. The highest BCUT2D eigenvalue weighted by molar-refractivity contribution is 6.20. The fourth-order valence-corrected chi connectivity index (χ4v) is 1.15. The van der Waals surface area contributed by atoms with Gasteiger partial charge >= 0.3 is 0 Å². The van der Waals surface area contributed by atoms with Crippen molar-refractivity contribution < 1.29 is 0 Å². The summed E-state index contributed by atoms with van der Waals surface area (Å²) in [5.41, 5.74) is 0.236. The number of nitrogens with zero attached hydrogens (tertiary/aromatic N) is 1. The molecule has 1 nitrogen and oxygen atoms in total. The van der Waals surface area contributed by atoms with Crippen LogP contribution < -0.4 is 0 Å². The highest BCUT2D eigenvalue weighted by Crippen LogP contribution is 2.06. The maximum atomic E-state index is 5.96. The molecule has 0 aliphatic heterocycles. The third-order valence-electron chi connectivity index (χ3n) is 1.55. The number of rotatable bonds is 4. The van der Waals surface area contributed by atoms with E-state index in [9.17, 15) is 0 Å². The van der Waals surface area contributed by atoms with Gasteiger partial charge in [0.05, 0.1) is 5.50 Å². The molecular weight excluding hydrogens is 169 g/mol. The third-order valence-corrected chi connectivity index (χ3v) is 2.13. The average Bonchev–Trinajstić information content (AvgIpc) is 1.90. The van der Waals surface area contributed by atoms with E-state index in [4.69, 9.17) is 11.6 Å². The van der Waals surface area contributed by atoms with Crippen molar-refractivity contribution in [2.75, 3.05) is 13.1 Å². The van der Waals surface area contributed by atoms with E-state index < -0.39 is 0 Å². The molecule has 0 aliphatic rings. The molecule has 1 unspecified atom stereocenters. The van der Waals surface area contributed by atoms with Crippen LogP contribution in [0.4, 0.5) is 0 Å². The summed E-state index contributed by atoms with van der Waals surface area (Å²) >= 11 is 5.96. The zero-order chi connectivity index (χ0) is 7.28. The van der Waals surface area contributed by atoms with E-state index in [1.54, 1.807) is 0 Å². The van der Waals surface area contributed by atoms with Crippen molar-refractivity contribution in [3.05, 3.63) is 0 Å². The smallest absolute Gasteiger partial charge is 0.0847 e. The summed E-state index contributed by atoms with van der Waals surface area (Å²) in [4.78, 5) is 2.24. The Morgan fingerprint density at radius 1 is 1.20 bits per heavy atom. The number of hydrogen-bond acceptors (Lipinski definition) is 1. The molecule has 64 valence electrons. The minimum atomic E-state index is 0. The molecule has 0 saturated heterocycles. The summed E-state index contributed by atoms with van der Waals surface area (Å²) in [5, 5.41) is 0. The van der Waals surface area contributed by atoms with Crippen molar-refractivity contribution in [3.63, 3.8) is 0 Å². The van der Waals surface area contributed by atoms with Crippen molar-refractivity contribution >= 4 is 24.0 Å². The molecular formula is C7H17Cl2N. The van der Waals surface area contributed by atoms with Crippen molar-refractivity contribution in [2.45, 2.75) is 32.7 Å². The molecule has 0 rings (SSSR count). The Bertz CT molecular complexity index is 64.6. The van der Waals surface area contributed by atoms with E-state index in [1.807, 2.05) is 0 Å². The first-order chi connectivity index (χ1) is 4.26. The Labute approximate surface area is 75.1 Å². The largest absolute Gasteiger partial charge is 0.288 e. The molecule has 1 atom stereocenters. The predicted octanol–water partition coefficient (Wildman–Crippen LogP) is 2.72. The van der Waals surface area contributed by atoms with E-state index >= 15 is 0 Å². The van der Waals surface area contributed by atoms with Gasteiger partial charge in [0.1, 0.15) is 0 Å². The topological polar surface area (TPSA) is 3.24 Å². The molecule has 0 fully saturated rings. The van der Waals surface area contributed by atoms with Gasteiger partial charge < -0.3 is 0 Å².